The van der Waals surface area contributed by atoms with Crippen molar-refractivity contribution in [2.75, 3.05) is 0 Å². The van der Waals surface area contributed by atoms with Gasteiger partial charge in [-0.2, -0.15) is 19.7 Å². The van der Waals surface area contributed by atoms with E-state index < -0.39 is 0 Å². The molecule has 0 aliphatic heterocycles. The molecule has 0 spiro atoms. The maximum atomic E-state index is 11.6. The van der Waals surface area contributed by atoms with Gasteiger partial charge in [-0.3, -0.25) is 9.48 Å². The Balaban J connectivity index is 2.28. The van der Waals surface area contributed by atoms with E-state index in [1.165, 1.54) is 16.9 Å². The van der Waals surface area contributed by atoms with Gasteiger partial charge < -0.3 is 4.98 Å². The number of aromatic amines is 1. The van der Waals surface area contributed by atoms with Crippen LogP contribution >= 0.6 is 0 Å². The summed E-state index contributed by atoms with van der Waals surface area (Å²) in [6, 6.07) is 3.27. The second kappa shape index (κ2) is 3.02. The molecule has 0 aliphatic carbocycles. The SMILES string of the molecule is Cn1ccc(-c2cc(=O)n3ncnc3[nH]2)n1. The van der Waals surface area contributed by atoms with Crippen LogP contribution < -0.4 is 5.56 Å². The summed E-state index contributed by atoms with van der Waals surface area (Å²) >= 11 is 0. The van der Waals surface area contributed by atoms with Gasteiger partial charge in [-0.15, -0.1) is 0 Å². The van der Waals surface area contributed by atoms with Crippen LogP contribution in [0.25, 0.3) is 17.2 Å². The maximum Gasteiger partial charge on any atom is 0.276 e. The number of hydrogen-bond acceptors (Lipinski definition) is 4. The molecule has 0 fully saturated rings. The highest BCUT2D eigenvalue weighted by Crippen LogP contribution is 2.11. The minimum Gasteiger partial charge on any atom is -0.322 e. The van der Waals surface area contributed by atoms with Crippen molar-refractivity contribution >= 4 is 5.78 Å². The molecule has 0 amide bonds. The van der Waals surface area contributed by atoms with Crippen molar-refractivity contribution in [3.05, 3.63) is 35.0 Å². The van der Waals surface area contributed by atoms with E-state index >= 15 is 0 Å². The molecule has 1 N–H and O–H groups in total. The molecule has 3 rings (SSSR count). The van der Waals surface area contributed by atoms with Crippen molar-refractivity contribution < 1.29 is 0 Å². The normalized spacial score (nSPS) is 11.1. The first-order valence-electron chi connectivity index (χ1n) is 4.67. The van der Waals surface area contributed by atoms with E-state index in [1.807, 2.05) is 19.3 Å². The van der Waals surface area contributed by atoms with Gasteiger partial charge in [0.25, 0.3) is 5.56 Å². The summed E-state index contributed by atoms with van der Waals surface area (Å²) in [5.74, 6) is 0.410. The van der Waals surface area contributed by atoms with Crippen LogP contribution in [0.1, 0.15) is 0 Å². The first kappa shape index (κ1) is 8.84. The second-order valence-corrected chi connectivity index (χ2v) is 3.39. The third-order valence-corrected chi connectivity index (χ3v) is 2.26. The van der Waals surface area contributed by atoms with Gasteiger partial charge in [0.15, 0.2) is 0 Å². The number of H-pyrrole nitrogens is 1. The van der Waals surface area contributed by atoms with E-state index in [9.17, 15) is 4.79 Å². The van der Waals surface area contributed by atoms with Crippen LogP contribution in [0.2, 0.25) is 0 Å². The fourth-order valence-corrected chi connectivity index (χ4v) is 1.53. The molecule has 0 aliphatic rings. The number of hydrogen-bond donors (Lipinski definition) is 1. The van der Waals surface area contributed by atoms with Gasteiger partial charge in [0.1, 0.15) is 12.0 Å². The van der Waals surface area contributed by atoms with Crippen molar-refractivity contribution in [3.8, 4) is 11.4 Å². The summed E-state index contributed by atoms with van der Waals surface area (Å²) in [5, 5.41) is 8.00. The first-order chi connectivity index (χ1) is 7.74. The topological polar surface area (TPSA) is 80.9 Å². The number of aryl methyl sites for hydroxylation is 1. The highest BCUT2D eigenvalue weighted by molar-refractivity contribution is 5.54. The molecule has 80 valence electrons. The van der Waals surface area contributed by atoms with Gasteiger partial charge in [0.2, 0.25) is 5.78 Å². The van der Waals surface area contributed by atoms with Crippen molar-refractivity contribution in [2.45, 2.75) is 0 Å². The van der Waals surface area contributed by atoms with Crippen molar-refractivity contribution in [3.63, 3.8) is 0 Å². The van der Waals surface area contributed by atoms with Crippen molar-refractivity contribution in [1.82, 2.24) is 29.4 Å². The lowest BCUT2D eigenvalue weighted by Gasteiger charge is -1.97. The Labute approximate surface area is 89.4 Å². The number of aromatic nitrogens is 6. The summed E-state index contributed by atoms with van der Waals surface area (Å²) in [5.41, 5.74) is 1.10. The Hall–Kier alpha value is -2.44. The zero-order chi connectivity index (χ0) is 11.1. The van der Waals surface area contributed by atoms with Gasteiger partial charge in [-0.05, 0) is 6.07 Å². The third kappa shape index (κ3) is 1.22. The molecule has 3 aromatic heterocycles. The fourth-order valence-electron chi connectivity index (χ4n) is 1.53. The molecule has 0 radical (unpaired) electrons. The molecule has 0 saturated carbocycles. The van der Waals surface area contributed by atoms with E-state index in [-0.39, 0.29) is 5.56 Å². The van der Waals surface area contributed by atoms with E-state index in [2.05, 4.69) is 20.2 Å². The Bertz CT molecular complexity index is 706. The van der Waals surface area contributed by atoms with Gasteiger partial charge in [0, 0.05) is 19.3 Å². The molecule has 0 unspecified atom stereocenters. The second-order valence-electron chi connectivity index (χ2n) is 3.39. The fraction of sp³-hybridized carbons (Fsp3) is 0.111. The third-order valence-electron chi connectivity index (χ3n) is 2.26. The molecule has 0 saturated heterocycles. The Morgan fingerprint density at radius 3 is 3.06 bits per heavy atom. The van der Waals surface area contributed by atoms with Crippen LogP contribution in [0.4, 0.5) is 0 Å². The molecule has 0 atom stereocenters. The zero-order valence-corrected chi connectivity index (χ0v) is 8.45. The molecule has 7 heteroatoms. The van der Waals surface area contributed by atoms with E-state index in [1.54, 1.807) is 4.68 Å². The lowest BCUT2D eigenvalue weighted by atomic mass is 10.3. The maximum absolute atomic E-state index is 11.6. The quantitative estimate of drug-likeness (QED) is 0.611. The van der Waals surface area contributed by atoms with Gasteiger partial charge >= 0.3 is 0 Å². The zero-order valence-electron chi connectivity index (χ0n) is 8.45. The predicted molar refractivity (Wildman–Crippen MR) is 55.8 cm³/mol. The van der Waals surface area contributed by atoms with Crippen LogP contribution in [-0.2, 0) is 7.05 Å². The van der Waals surface area contributed by atoms with Crippen LogP contribution in [0.15, 0.2) is 29.5 Å². The summed E-state index contributed by atoms with van der Waals surface area (Å²) in [6.45, 7) is 0. The standard InChI is InChI=1S/C9H8N6O/c1-14-3-2-6(13-14)7-4-8(16)15-9(12-7)10-5-11-15/h2-5H,1H3,(H,10,11,12). The van der Waals surface area contributed by atoms with Crippen LogP contribution in [0.5, 0.6) is 0 Å². The highest BCUT2D eigenvalue weighted by Gasteiger charge is 2.06. The van der Waals surface area contributed by atoms with Crippen molar-refractivity contribution in [2.24, 2.45) is 7.05 Å². The average Bonchev–Trinajstić information content (AvgIpc) is 2.85. The minimum atomic E-state index is -0.230. The highest BCUT2D eigenvalue weighted by atomic mass is 16.1. The van der Waals surface area contributed by atoms with Gasteiger partial charge in [-0.1, -0.05) is 0 Å². The van der Waals surface area contributed by atoms with Gasteiger partial charge in [0.05, 0.1) is 5.69 Å². The number of nitrogens with one attached hydrogen (secondary N) is 1. The Morgan fingerprint density at radius 1 is 1.44 bits per heavy atom. The summed E-state index contributed by atoms with van der Waals surface area (Å²) in [6.07, 6.45) is 3.14. The molecule has 3 heterocycles. The predicted octanol–water partition coefficient (Wildman–Crippen LogP) is -0.182. The summed E-state index contributed by atoms with van der Waals surface area (Å²) < 4.78 is 2.87. The molecular weight excluding hydrogens is 208 g/mol. The summed E-state index contributed by atoms with van der Waals surface area (Å²) in [4.78, 5) is 18.6. The molecule has 16 heavy (non-hydrogen) atoms. The first-order valence-corrected chi connectivity index (χ1v) is 4.67. The van der Waals surface area contributed by atoms with E-state index in [4.69, 9.17) is 0 Å². The molecular formula is C9H8N6O. The van der Waals surface area contributed by atoms with Crippen LogP contribution in [0.3, 0.4) is 0 Å². The molecule has 0 aromatic carbocycles. The summed E-state index contributed by atoms with van der Waals surface area (Å²) in [7, 11) is 1.82. The largest absolute Gasteiger partial charge is 0.322 e. The average molecular weight is 216 g/mol. The monoisotopic (exact) mass is 216 g/mol. The number of fused-ring (bicyclic) bond motifs is 1. The number of nitrogens with zero attached hydrogens (tertiary/aromatic N) is 5. The minimum absolute atomic E-state index is 0.230. The van der Waals surface area contributed by atoms with Crippen molar-refractivity contribution in [1.29, 1.82) is 0 Å². The molecule has 0 bridgehead atoms. The molecule has 3 aromatic rings. The lowest BCUT2D eigenvalue weighted by Crippen LogP contribution is -2.14. The number of rotatable bonds is 1. The van der Waals surface area contributed by atoms with E-state index in [0.29, 0.717) is 17.2 Å². The van der Waals surface area contributed by atoms with E-state index in [0.717, 1.165) is 0 Å². The Morgan fingerprint density at radius 2 is 2.31 bits per heavy atom. The Kier molecular flexibility index (Phi) is 1.67. The van der Waals surface area contributed by atoms with Crippen LogP contribution in [0, 0.1) is 0 Å². The smallest absolute Gasteiger partial charge is 0.276 e. The van der Waals surface area contributed by atoms with Crippen LogP contribution in [-0.4, -0.2) is 29.4 Å². The molecule has 7 nitrogen and oxygen atoms in total. The lowest BCUT2D eigenvalue weighted by molar-refractivity contribution is 0.769. The van der Waals surface area contributed by atoms with Gasteiger partial charge in [-0.25, -0.2) is 0 Å².